The Morgan fingerprint density at radius 1 is 0.791 bits per heavy atom. The van der Waals surface area contributed by atoms with Gasteiger partial charge in [-0.15, -0.1) is 16.4 Å². The molecule has 0 amide bonds. The summed E-state index contributed by atoms with van der Waals surface area (Å²) in [6.07, 6.45) is 13.1. The second-order valence-corrected chi connectivity index (χ2v) is 13.4. The quantitative estimate of drug-likeness (QED) is 0.183. The molecular formula is C18H24ClF7N7O7S3+. The number of halogens is 8. The minimum Gasteiger partial charge on any atom is -0.279 e. The second-order valence-electron chi connectivity index (χ2n) is 8.46. The first kappa shape index (κ1) is 38.2. The maximum absolute atomic E-state index is 12.4. The lowest BCUT2D eigenvalue weighted by Crippen LogP contribution is -2.59. The van der Waals surface area contributed by atoms with E-state index in [2.05, 4.69) is 9.97 Å². The zero-order chi connectivity index (χ0) is 32.2. The maximum Gasteiger partial charge on any atom is 0.522 e. The van der Waals surface area contributed by atoms with E-state index in [9.17, 15) is 47.6 Å². The highest BCUT2D eigenvalue weighted by atomic mass is 35.5. The third kappa shape index (κ3) is 10.7. The van der Waals surface area contributed by atoms with Crippen molar-refractivity contribution in [3.63, 3.8) is 0 Å². The topological polar surface area (TPSA) is 170 Å². The first-order chi connectivity index (χ1) is 19.0. The standard InChI is InChI=1S/C7H9N4O2S.C6H7F2N3O2S.C4H6F2.CHF3O3S.ClH/c1-9-4-5-11(7-9)14(12,13)10-3-2-8-6-10;7-6(8)3-11(4-6)14(12,13)10-2-1-9-5-10;5-4(6)2-1-3-4;2-1(3,4)8(5,6)7;/h2-7H,1H3;1-2,5H,3-4H2;1-3H2;(H,5,6,7);1H/q+1;;;;. The monoisotopic (exact) mass is 714 g/mol. The molecule has 0 unspecified atom stereocenters. The summed E-state index contributed by atoms with van der Waals surface area (Å²) in [5.41, 5.74) is -5.53. The molecule has 1 aliphatic carbocycles. The molecule has 3 aromatic heterocycles. The number of imidazole rings is 3. The number of nitrogens with zero attached hydrogens (tertiary/aromatic N) is 7. The Bertz CT molecular complexity index is 1620. The van der Waals surface area contributed by atoms with Gasteiger partial charge in [0.2, 0.25) is 5.92 Å². The number of aryl methyl sites for hydroxylation is 1. The molecule has 14 nitrogen and oxygen atoms in total. The lowest BCUT2D eigenvalue weighted by molar-refractivity contribution is -0.670. The summed E-state index contributed by atoms with van der Waals surface area (Å²) in [6.45, 7) is -1.51. The highest BCUT2D eigenvalue weighted by Gasteiger charge is 2.50. The van der Waals surface area contributed by atoms with Crippen molar-refractivity contribution in [3.8, 4) is 0 Å². The van der Waals surface area contributed by atoms with Crippen molar-refractivity contribution < 1.29 is 65.1 Å². The van der Waals surface area contributed by atoms with Crippen LogP contribution in [-0.4, -0.2) is 86.4 Å². The largest absolute Gasteiger partial charge is 0.522 e. The minimum atomic E-state index is -5.84. The number of rotatable bonds is 4. The van der Waals surface area contributed by atoms with Gasteiger partial charge in [0.15, 0.2) is 0 Å². The van der Waals surface area contributed by atoms with Crippen molar-refractivity contribution in [2.75, 3.05) is 13.1 Å². The Morgan fingerprint density at radius 2 is 1.21 bits per heavy atom. The third-order valence-electron chi connectivity index (χ3n) is 5.02. The fourth-order valence-corrected chi connectivity index (χ4v) is 5.08. The van der Waals surface area contributed by atoms with Crippen molar-refractivity contribution in [2.45, 2.75) is 36.6 Å². The second kappa shape index (κ2) is 13.9. The van der Waals surface area contributed by atoms with Crippen LogP contribution in [-0.2, 0) is 37.6 Å². The molecule has 1 saturated heterocycles. The van der Waals surface area contributed by atoms with Gasteiger partial charge in [0.25, 0.3) is 12.2 Å². The van der Waals surface area contributed by atoms with Crippen LogP contribution < -0.4 is 4.57 Å². The van der Waals surface area contributed by atoms with Gasteiger partial charge in [0.1, 0.15) is 25.0 Å². The molecular weight excluding hydrogens is 691 g/mol. The molecule has 1 saturated carbocycles. The fraction of sp³-hybridized carbons (Fsp3) is 0.500. The number of hydrogen-bond acceptors (Lipinski definition) is 8. The Labute approximate surface area is 246 Å². The summed E-state index contributed by atoms with van der Waals surface area (Å²) in [5, 5.41) is 0. The Balaban J connectivity index is 0.000000300. The van der Waals surface area contributed by atoms with E-state index in [-0.39, 0.29) is 25.2 Å². The molecule has 5 rings (SSSR count). The van der Waals surface area contributed by atoms with Crippen molar-refractivity contribution in [1.29, 1.82) is 0 Å². The lowest BCUT2D eigenvalue weighted by Gasteiger charge is -2.37. The normalized spacial score (nSPS) is 17.6. The molecule has 4 heterocycles. The van der Waals surface area contributed by atoms with Crippen LogP contribution in [0.4, 0.5) is 30.7 Å². The predicted molar refractivity (Wildman–Crippen MR) is 134 cm³/mol. The molecule has 2 fully saturated rings. The molecule has 3 aromatic rings. The van der Waals surface area contributed by atoms with E-state index in [1.807, 2.05) is 0 Å². The van der Waals surface area contributed by atoms with Crippen LogP contribution in [0.25, 0.3) is 0 Å². The van der Waals surface area contributed by atoms with E-state index in [4.69, 9.17) is 13.0 Å². The van der Waals surface area contributed by atoms with Crippen LogP contribution >= 0.6 is 12.4 Å². The van der Waals surface area contributed by atoms with Crippen LogP contribution in [0, 0.1) is 0 Å². The molecule has 0 radical (unpaired) electrons. The molecule has 43 heavy (non-hydrogen) atoms. The highest BCUT2D eigenvalue weighted by molar-refractivity contribution is 7.88. The van der Waals surface area contributed by atoms with E-state index in [1.54, 1.807) is 17.8 Å². The number of alkyl halides is 7. The van der Waals surface area contributed by atoms with Gasteiger partial charge in [0, 0.05) is 37.6 Å². The van der Waals surface area contributed by atoms with Crippen molar-refractivity contribution in [2.24, 2.45) is 7.05 Å². The summed E-state index contributed by atoms with van der Waals surface area (Å²) in [4.78, 5) is 7.22. The zero-order valence-electron chi connectivity index (χ0n) is 21.5. The van der Waals surface area contributed by atoms with Crippen molar-refractivity contribution in [1.82, 2.24) is 26.2 Å². The Hall–Kier alpha value is -2.80. The van der Waals surface area contributed by atoms with E-state index >= 15 is 0 Å². The van der Waals surface area contributed by atoms with Gasteiger partial charge in [-0.1, -0.05) is 0 Å². The minimum absolute atomic E-state index is 0. The average molecular weight is 715 g/mol. The van der Waals surface area contributed by atoms with Gasteiger partial charge in [-0.2, -0.15) is 46.7 Å². The van der Waals surface area contributed by atoms with Gasteiger partial charge in [-0.05, 0) is 6.42 Å². The van der Waals surface area contributed by atoms with Gasteiger partial charge in [0.05, 0.1) is 20.1 Å². The van der Waals surface area contributed by atoms with Crippen LogP contribution in [0.15, 0.2) is 56.2 Å². The zero-order valence-corrected chi connectivity index (χ0v) is 24.8. The van der Waals surface area contributed by atoms with Crippen molar-refractivity contribution >= 4 is 42.9 Å². The van der Waals surface area contributed by atoms with Crippen LogP contribution in [0.5, 0.6) is 0 Å². The smallest absolute Gasteiger partial charge is 0.279 e. The number of aromatic nitrogens is 6. The maximum atomic E-state index is 12.4. The Kier molecular flexibility index (Phi) is 12.3. The summed E-state index contributed by atoms with van der Waals surface area (Å²) in [7, 11) is -11.4. The number of hydrogen-bond donors (Lipinski definition) is 1. The first-order valence-electron chi connectivity index (χ1n) is 11.0. The molecule has 0 spiro atoms. The van der Waals surface area contributed by atoms with Crippen LogP contribution in [0.1, 0.15) is 19.3 Å². The van der Waals surface area contributed by atoms with E-state index < -0.39 is 61.0 Å². The third-order valence-corrected chi connectivity index (χ3v) is 8.77. The molecule has 1 aliphatic heterocycles. The van der Waals surface area contributed by atoms with Gasteiger partial charge in [-0.25, -0.2) is 36.1 Å². The van der Waals surface area contributed by atoms with Crippen LogP contribution in [0.2, 0.25) is 0 Å². The Morgan fingerprint density at radius 3 is 1.47 bits per heavy atom. The van der Waals surface area contributed by atoms with Gasteiger partial charge >= 0.3 is 36.0 Å². The molecule has 246 valence electrons. The SMILES string of the molecule is C[n+]1ccn(S(=O)(=O)n2ccnc2)c1.Cl.FC1(F)CCC1.O=S(=O)(N1CC(F)(F)C1)n1ccnc1.O=S(=O)(O)C(F)(F)F. The van der Waals surface area contributed by atoms with Gasteiger partial charge < -0.3 is 0 Å². The summed E-state index contributed by atoms with van der Waals surface area (Å²) < 4.78 is 157. The summed E-state index contributed by atoms with van der Waals surface area (Å²) in [6, 6.07) is 0. The fourth-order valence-electron chi connectivity index (χ4n) is 2.65. The van der Waals surface area contributed by atoms with Crippen LogP contribution in [0.3, 0.4) is 0 Å². The van der Waals surface area contributed by atoms with Gasteiger partial charge in [-0.3, -0.25) is 4.55 Å². The van der Waals surface area contributed by atoms with E-state index in [0.717, 1.165) is 18.2 Å². The summed E-state index contributed by atoms with van der Waals surface area (Å²) in [5.74, 6) is -5.17. The van der Waals surface area contributed by atoms with Crippen molar-refractivity contribution in [3.05, 3.63) is 56.2 Å². The first-order valence-corrected chi connectivity index (χ1v) is 15.3. The summed E-state index contributed by atoms with van der Waals surface area (Å²) >= 11 is 0. The lowest BCUT2D eigenvalue weighted by atomic mass is 9.95. The highest BCUT2D eigenvalue weighted by Crippen LogP contribution is 2.36. The molecule has 1 N–H and O–H groups in total. The average Bonchev–Trinajstić information content (AvgIpc) is 3.59. The molecule has 0 bridgehead atoms. The molecule has 0 aromatic carbocycles. The van der Waals surface area contributed by atoms with E-state index in [1.165, 1.54) is 43.6 Å². The molecule has 2 aliphatic rings. The molecule has 25 heteroatoms. The predicted octanol–water partition coefficient (Wildman–Crippen LogP) is 1.70. The van der Waals surface area contributed by atoms with E-state index in [0.29, 0.717) is 10.7 Å². The molecule has 0 atom stereocenters.